The fraction of sp³-hybridized carbons (Fsp3) is 0.625. The normalized spacial score (nSPS) is 28.1. The summed E-state index contributed by atoms with van der Waals surface area (Å²) in [7, 11) is 0. The van der Waals surface area contributed by atoms with Crippen LogP contribution < -0.4 is 0 Å². The summed E-state index contributed by atoms with van der Waals surface area (Å²) in [5.74, 6) is -0.464. The maximum Gasteiger partial charge on any atom is 0.129 e. The van der Waals surface area contributed by atoms with Gasteiger partial charge < -0.3 is 5.11 Å². The lowest BCUT2D eigenvalue weighted by atomic mass is 9.86. The van der Waals surface area contributed by atoms with Gasteiger partial charge in [0.15, 0.2) is 0 Å². The van der Waals surface area contributed by atoms with Gasteiger partial charge in [0, 0.05) is 12.0 Å². The summed E-state index contributed by atoms with van der Waals surface area (Å²) in [5.41, 5.74) is -0.924. The van der Waals surface area contributed by atoms with Crippen molar-refractivity contribution < 1.29 is 13.9 Å². The molecular weight excluding hydrogens is 246 g/mol. The highest BCUT2D eigenvalue weighted by atomic mass is 19.1. The number of hydrogen-bond donors (Lipinski definition) is 1. The van der Waals surface area contributed by atoms with Crippen LogP contribution in [0.25, 0.3) is 0 Å². The van der Waals surface area contributed by atoms with Crippen LogP contribution in [0.3, 0.4) is 0 Å². The second kappa shape index (κ2) is 6.00. The quantitative estimate of drug-likeness (QED) is 0.813. The fourth-order valence-electron chi connectivity index (χ4n) is 3.08. The number of halogens is 2. The fourth-order valence-corrected chi connectivity index (χ4v) is 3.08. The molecule has 0 aromatic heterocycles. The molecule has 3 heteroatoms. The molecule has 0 heterocycles. The molecule has 0 bridgehead atoms. The molecule has 1 nitrogen and oxygen atoms in total. The molecule has 2 unspecified atom stereocenters. The van der Waals surface area contributed by atoms with E-state index in [1.807, 2.05) is 0 Å². The Morgan fingerprint density at radius 1 is 1.21 bits per heavy atom. The van der Waals surface area contributed by atoms with Gasteiger partial charge in [0.05, 0.1) is 5.60 Å². The van der Waals surface area contributed by atoms with Crippen LogP contribution >= 0.6 is 0 Å². The van der Waals surface area contributed by atoms with Crippen molar-refractivity contribution in [3.63, 3.8) is 0 Å². The van der Waals surface area contributed by atoms with Gasteiger partial charge in [-0.25, -0.2) is 8.78 Å². The first-order valence-corrected chi connectivity index (χ1v) is 7.19. The van der Waals surface area contributed by atoms with Gasteiger partial charge in [0.1, 0.15) is 11.6 Å². The maximum atomic E-state index is 13.7. The lowest BCUT2D eigenvalue weighted by molar-refractivity contribution is 0.0225. The molecule has 2 atom stereocenters. The first-order chi connectivity index (χ1) is 9.04. The molecule has 0 saturated heterocycles. The van der Waals surface area contributed by atoms with Crippen LogP contribution in [-0.2, 0) is 6.42 Å². The van der Waals surface area contributed by atoms with Crippen molar-refractivity contribution in [1.29, 1.82) is 0 Å². The van der Waals surface area contributed by atoms with E-state index in [0.717, 1.165) is 25.7 Å². The number of benzene rings is 1. The summed E-state index contributed by atoms with van der Waals surface area (Å²) in [5, 5.41) is 10.6. The molecule has 1 aliphatic rings. The Balaban J connectivity index is 2.12. The van der Waals surface area contributed by atoms with Crippen LogP contribution in [0.5, 0.6) is 0 Å². The standard InChI is InChI=1S/C16H22F2O/c1-2-12-5-4-9-16(19,10-8-12)11-13-14(17)6-3-7-15(13)18/h3,6-7,12,19H,2,4-5,8-11H2,1H3. The van der Waals surface area contributed by atoms with Crippen LogP contribution in [0.4, 0.5) is 8.78 Å². The van der Waals surface area contributed by atoms with E-state index in [0.29, 0.717) is 18.8 Å². The molecule has 106 valence electrons. The molecule has 0 amide bonds. The zero-order chi connectivity index (χ0) is 13.9. The first kappa shape index (κ1) is 14.4. The summed E-state index contributed by atoms with van der Waals surface area (Å²) in [6.45, 7) is 2.16. The van der Waals surface area contributed by atoms with E-state index in [-0.39, 0.29) is 12.0 Å². The molecule has 0 radical (unpaired) electrons. The number of hydrogen-bond acceptors (Lipinski definition) is 1. The van der Waals surface area contributed by atoms with Crippen molar-refractivity contribution >= 4 is 0 Å². The second-order valence-corrected chi connectivity index (χ2v) is 5.81. The van der Waals surface area contributed by atoms with E-state index in [2.05, 4.69) is 6.92 Å². The van der Waals surface area contributed by atoms with Crippen molar-refractivity contribution in [2.24, 2.45) is 5.92 Å². The average Bonchev–Trinajstić information content (AvgIpc) is 2.56. The highest BCUT2D eigenvalue weighted by molar-refractivity contribution is 5.21. The second-order valence-electron chi connectivity index (χ2n) is 5.81. The van der Waals surface area contributed by atoms with Crippen LogP contribution in [0.1, 0.15) is 51.0 Å². The third-order valence-electron chi connectivity index (χ3n) is 4.42. The van der Waals surface area contributed by atoms with E-state index in [9.17, 15) is 13.9 Å². The molecule has 0 spiro atoms. The first-order valence-electron chi connectivity index (χ1n) is 7.19. The minimum absolute atomic E-state index is 0.0277. The highest BCUT2D eigenvalue weighted by Gasteiger charge is 2.32. The number of aliphatic hydroxyl groups is 1. The molecule has 2 rings (SSSR count). The molecule has 1 fully saturated rings. The monoisotopic (exact) mass is 268 g/mol. The minimum atomic E-state index is -0.951. The summed E-state index contributed by atoms with van der Waals surface area (Å²) >= 11 is 0. The number of rotatable bonds is 3. The molecular formula is C16H22F2O. The Morgan fingerprint density at radius 3 is 2.53 bits per heavy atom. The van der Waals surface area contributed by atoms with Gasteiger partial charge in [-0.2, -0.15) is 0 Å². The molecule has 1 aliphatic carbocycles. The molecule has 1 aromatic rings. The van der Waals surface area contributed by atoms with Gasteiger partial charge >= 0.3 is 0 Å². The smallest absolute Gasteiger partial charge is 0.129 e. The van der Waals surface area contributed by atoms with Gasteiger partial charge in [0.25, 0.3) is 0 Å². The molecule has 1 aromatic carbocycles. The summed E-state index contributed by atoms with van der Waals surface area (Å²) in [4.78, 5) is 0. The third-order valence-corrected chi connectivity index (χ3v) is 4.42. The zero-order valence-corrected chi connectivity index (χ0v) is 11.5. The third kappa shape index (κ3) is 3.53. The van der Waals surface area contributed by atoms with Crippen LogP contribution in [0.15, 0.2) is 18.2 Å². The Bertz CT molecular complexity index is 413. The van der Waals surface area contributed by atoms with Crippen molar-refractivity contribution in [2.75, 3.05) is 0 Å². The van der Waals surface area contributed by atoms with Gasteiger partial charge in [-0.3, -0.25) is 0 Å². The van der Waals surface area contributed by atoms with E-state index in [1.165, 1.54) is 18.2 Å². The van der Waals surface area contributed by atoms with Gasteiger partial charge in [0.2, 0.25) is 0 Å². The van der Waals surface area contributed by atoms with Crippen molar-refractivity contribution in [3.05, 3.63) is 35.4 Å². The van der Waals surface area contributed by atoms with Gasteiger partial charge in [-0.15, -0.1) is 0 Å². The topological polar surface area (TPSA) is 20.2 Å². The Kier molecular flexibility index (Phi) is 4.56. The lowest BCUT2D eigenvalue weighted by Crippen LogP contribution is -2.31. The highest BCUT2D eigenvalue weighted by Crippen LogP contribution is 2.34. The van der Waals surface area contributed by atoms with Crippen molar-refractivity contribution in [1.82, 2.24) is 0 Å². The molecule has 1 saturated carbocycles. The van der Waals surface area contributed by atoms with Crippen LogP contribution in [-0.4, -0.2) is 10.7 Å². The summed E-state index contributed by atoms with van der Waals surface area (Å²) in [6.07, 6.45) is 5.47. The van der Waals surface area contributed by atoms with E-state index in [1.54, 1.807) is 0 Å². The van der Waals surface area contributed by atoms with Crippen molar-refractivity contribution in [3.8, 4) is 0 Å². The summed E-state index contributed by atoms with van der Waals surface area (Å²) in [6, 6.07) is 3.87. The molecule has 1 N–H and O–H groups in total. The zero-order valence-electron chi connectivity index (χ0n) is 11.5. The average molecular weight is 268 g/mol. The summed E-state index contributed by atoms with van der Waals surface area (Å²) < 4.78 is 27.3. The van der Waals surface area contributed by atoms with Crippen LogP contribution in [0, 0.1) is 17.6 Å². The van der Waals surface area contributed by atoms with Crippen LogP contribution in [0.2, 0.25) is 0 Å². The largest absolute Gasteiger partial charge is 0.390 e. The van der Waals surface area contributed by atoms with Gasteiger partial charge in [-0.05, 0) is 37.3 Å². The maximum absolute atomic E-state index is 13.7. The molecule has 19 heavy (non-hydrogen) atoms. The van der Waals surface area contributed by atoms with E-state index in [4.69, 9.17) is 0 Å². The minimum Gasteiger partial charge on any atom is -0.390 e. The molecule has 0 aliphatic heterocycles. The van der Waals surface area contributed by atoms with Gasteiger partial charge in [-0.1, -0.05) is 32.3 Å². The Morgan fingerprint density at radius 2 is 1.89 bits per heavy atom. The lowest BCUT2D eigenvalue weighted by Gasteiger charge is -2.27. The van der Waals surface area contributed by atoms with E-state index < -0.39 is 17.2 Å². The Labute approximate surface area is 113 Å². The SMILES string of the molecule is CCC1CCCC(O)(Cc2c(F)cccc2F)CC1. The van der Waals surface area contributed by atoms with Crippen molar-refractivity contribution in [2.45, 2.75) is 57.5 Å². The predicted molar refractivity (Wildman–Crippen MR) is 71.9 cm³/mol. The predicted octanol–water partition coefficient (Wildman–Crippen LogP) is 4.23. The Hall–Kier alpha value is -0.960. The van der Waals surface area contributed by atoms with E-state index >= 15 is 0 Å².